The summed E-state index contributed by atoms with van der Waals surface area (Å²) >= 11 is 0. The van der Waals surface area contributed by atoms with Crippen LogP contribution in [0.4, 0.5) is 18.9 Å². The van der Waals surface area contributed by atoms with Gasteiger partial charge >= 0.3 is 6.18 Å². The number of alkyl halides is 3. The Balaban J connectivity index is 0.00000338. The molecule has 1 aromatic carbocycles. The van der Waals surface area contributed by atoms with Gasteiger partial charge in [-0.15, -0.1) is 12.4 Å². The van der Waals surface area contributed by atoms with Crippen molar-refractivity contribution in [1.82, 2.24) is 15.5 Å². The number of carbonyl (C=O) groups excluding carboxylic acids is 2. The maximum Gasteiger partial charge on any atom is 0.405 e. The van der Waals surface area contributed by atoms with Gasteiger partial charge in [0.25, 0.3) is 5.91 Å². The molecule has 6 nitrogen and oxygen atoms in total. The highest BCUT2D eigenvalue weighted by atomic mass is 35.5. The quantitative estimate of drug-likeness (QED) is 0.709. The predicted molar refractivity (Wildman–Crippen MR) is 94.6 cm³/mol. The Morgan fingerprint density at radius 2 is 1.77 bits per heavy atom. The zero-order valence-electron chi connectivity index (χ0n) is 14.2. The molecule has 0 radical (unpaired) electrons. The van der Waals surface area contributed by atoms with Gasteiger partial charge in [0.2, 0.25) is 5.91 Å². The first kappa shape index (κ1) is 22.2. The minimum Gasteiger partial charge on any atom is -0.350 e. The fourth-order valence-electron chi connectivity index (χ4n) is 2.65. The molecular formula is C16H22ClF3N4O2. The molecule has 2 amide bonds. The lowest BCUT2D eigenvalue weighted by Gasteiger charge is -2.35. The summed E-state index contributed by atoms with van der Waals surface area (Å²) in [7, 11) is 0. The predicted octanol–water partition coefficient (Wildman–Crippen LogP) is 1.63. The van der Waals surface area contributed by atoms with Crippen molar-refractivity contribution in [2.75, 3.05) is 38.0 Å². The summed E-state index contributed by atoms with van der Waals surface area (Å²) in [6, 6.07) is 4.24. The summed E-state index contributed by atoms with van der Waals surface area (Å²) in [5.74, 6) is -0.833. The van der Waals surface area contributed by atoms with E-state index in [1.54, 1.807) is 0 Å². The number of nitrogens with one attached hydrogen (secondary N) is 3. The van der Waals surface area contributed by atoms with E-state index in [9.17, 15) is 22.8 Å². The summed E-state index contributed by atoms with van der Waals surface area (Å²) in [5.41, 5.74) is 0.744. The van der Waals surface area contributed by atoms with Gasteiger partial charge in [0.15, 0.2) is 0 Å². The van der Waals surface area contributed by atoms with Crippen molar-refractivity contribution in [1.29, 1.82) is 0 Å². The standard InChI is InChI=1S/C16H21F3N4O2.ClH/c1-11(24)22-13-4-2-12(3-5-13)15(25)21-10-14(16(17,18)19)23-8-6-20-7-9-23;/h2-5,14,20H,6-10H2,1H3,(H,21,25)(H,22,24);1H. The van der Waals surface area contributed by atoms with Crippen LogP contribution in [0.2, 0.25) is 0 Å². The number of carbonyl (C=O) groups is 2. The fourth-order valence-corrected chi connectivity index (χ4v) is 2.65. The molecule has 1 atom stereocenters. The highest BCUT2D eigenvalue weighted by Crippen LogP contribution is 2.24. The second-order valence-corrected chi connectivity index (χ2v) is 5.81. The van der Waals surface area contributed by atoms with E-state index in [0.29, 0.717) is 18.8 Å². The molecule has 1 saturated heterocycles. The Morgan fingerprint density at radius 1 is 1.19 bits per heavy atom. The van der Waals surface area contributed by atoms with Crippen LogP contribution in [0, 0.1) is 0 Å². The molecule has 146 valence electrons. The third kappa shape index (κ3) is 6.47. The van der Waals surface area contributed by atoms with Gasteiger partial charge in [0.05, 0.1) is 0 Å². The van der Waals surface area contributed by atoms with Crippen LogP contribution in [0.3, 0.4) is 0 Å². The fraction of sp³-hybridized carbons (Fsp3) is 0.500. The third-order valence-corrected chi connectivity index (χ3v) is 3.89. The molecule has 10 heteroatoms. The molecule has 3 N–H and O–H groups in total. The molecule has 1 aliphatic rings. The van der Waals surface area contributed by atoms with Crippen LogP contribution in [-0.2, 0) is 4.79 Å². The largest absolute Gasteiger partial charge is 0.405 e. The molecule has 1 aromatic rings. The Hall–Kier alpha value is -1.84. The molecule has 0 saturated carbocycles. The summed E-state index contributed by atoms with van der Waals surface area (Å²) in [6.45, 7) is 2.40. The van der Waals surface area contributed by atoms with Crippen LogP contribution in [-0.4, -0.2) is 61.7 Å². The van der Waals surface area contributed by atoms with Crippen molar-refractivity contribution in [3.63, 3.8) is 0 Å². The second kappa shape index (κ2) is 9.75. The molecule has 0 aliphatic carbocycles. The van der Waals surface area contributed by atoms with Gasteiger partial charge in [-0.05, 0) is 24.3 Å². The maximum atomic E-state index is 13.3. The number of anilines is 1. The van der Waals surface area contributed by atoms with Crippen molar-refractivity contribution in [3.05, 3.63) is 29.8 Å². The van der Waals surface area contributed by atoms with E-state index < -0.39 is 24.7 Å². The van der Waals surface area contributed by atoms with Crippen LogP contribution in [0.25, 0.3) is 0 Å². The molecule has 0 spiro atoms. The lowest BCUT2D eigenvalue weighted by molar-refractivity contribution is -0.183. The Kier molecular flexibility index (Phi) is 8.32. The number of hydrogen-bond donors (Lipinski definition) is 3. The molecule has 26 heavy (non-hydrogen) atoms. The zero-order valence-corrected chi connectivity index (χ0v) is 15.0. The number of rotatable bonds is 5. The average Bonchev–Trinajstić information content (AvgIpc) is 2.54. The number of nitrogens with zero attached hydrogens (tertiary/aromatic N) is 1. The highest BCUT2D eigenvalue weighted by molar-refractivity contribution is 5.95. The Morgan fingerprint density at radius 3 is 2.27 bits per heavy atom. The SMILES string of the molecule is CC(=O)Nc1ccc(C(=O)NCC(N2CCNCC2)C(F)(F)F)cc1.Cl. The summed E-state index contributed by atoms with van der Waals surface area (Å²) in [4.78, 5) is 24.4. The number of hydrogen-bond acceptors (Lipinski definition) is 4. The van der Waals surface area contributed by atoms with Gasteiger partial charge in [0.1, 0.15) is 6.04 Å². The number of benzene rings is 1. The van der Waals surface area contributed by atoms with Gasteiger partial charge in [-0.2, -0.15) is 13.2 Å². The van der Waals surface area contributed by atoms with Crippen LogP contribution in [0.15, 0.2) is 24.3 Å². The summed E-state index contributed by atoms with van der Waals surface area (Å²) < 4.78 is 39.8. The van der Waals surface area contributed by atoms with E-state index in [2.05, 4.69) is 16.0 Å². The number of piperazine rings is 1. The van der Waals surface area contributed by atoms with Crippen molar-refractivity contribution in [3.8, 4) is 0 Å². The molecule has 1 heterocycles. The van der Waals surface area contributed by atoms with Crippen LogP contribution >= 0.6 is 12.4 Å². The lowest BCUT2D eigenvalue weighted by Crippen LogP contribution is -2.57. The van der Waals surface area contributed by atoms with Crippen molar-refractivity contribution in [2.24, 2.45) is 0 Å². The Labute approximate surface area is 155 Å². The minimum absolute atomic E-state index is 0. The molecular weight excluding hydrogens is 373 g/mol. The van der Waals surface area contributed by atoms with Gasteiger partial charge in [0, 0.05) is 50.9 Å². The molecule has 1 fully saturated rings. The smallest absolute Gasteiger partial charge is 0.350 e. The van der Waals surface area contributed by atoms with Gasteiger partial charge < -0.3 is 16.0 Å². The second-order valence-electron chi connectivity index (χ2n) is 5.81. The van der Waals surface area contributed by atoms with Crippen molar-refractivity contribution < 1.29 is 22.8 Å². The zero-order chi connectivity index (χ0) is 18.4. The lowest BCUT2D eigenvalue weighted by atomic mass is 10.1. The first-order valence-electron chi connectivity index (χ1n) is 7.94. The minimum atomic E-state index is -4.42. The van der Waals surface area contributed by atoms with Crippen molar-refractivity contribution in [2.45, 2.75) is 19.1 Å². The molecule has 0 bridgehead atoms. The van der Waals surface area contributed by atoms with E-state index in [0.717, 1.165) is 0 Å². The topological polar surface area (TPSA) is 73.5 Å². The Bertz CT molecular complexity index is 605. The van der Waals surface area contributed by atoms with Crippen LogP contribution in [0.5, 0.6) is 0 Å². The van der Waals surface area contributed by atoms with Crippen LogP contribution < -0.4 is 16.0 Å². The van der Waals surface area contributed by atoms with Crippen LogP contribution in [0.1, 0.15) is 17.3 Å². The number of amides is 2. The van der Waals surface area contributed by atoms with E-state index >= 15 is 0 Å². The molecule has 1 aliphatic heterocycles. The molecule has 0 aromatic heterocycles. The van der Waals surface area contributed by atoms with E-state index in [4.69, 9.17) is 0 Å². The molecule has 2 rings (SSSR count). The first-order valence-corrected chi connectivity index (χ1v) is 7.94. The van der Waals surface area contributed by atoms with Crippen molar-refractivity contribution >= 4 is 29.9 Å². The summed E-state index contributed by atoms with van der Waals surface area (Å²) in [5, 5.41) is 7.91. The monoisotopic (exact) mass is 394 g/mol. The molecule has 1 unspecified atom stereocenters. The van der Waals surface area contributed by atoms with E-state index in [1.165, 1.54) is 36.1 Å². The summed E-state index contributed by atoms with van der Waals surface area (Å²) in [6.07, 6.45) is -4.42. The van der Waals surface area contributed by atoms with Gasteiger partial charge in [-0.3, -0.25) is 14.5 Å². The maximum absolute atomic E-state index is 13.3. The third-order valence-electron chi connectivity index (χ3n) is 3.89. The van der Waals surface area contributed by atoms with E-state index in [1.807, 2.05) is 0 Å². The first-order chi connectivity index (χ1) is 11.8. The van der Waals surface area contributed by atoms with Gasteiger partial charge in [-0.25, -0.2) is 0 Å². The van der Waals surface area contributed by atoms with Gasteiger partial charge in [-0.1, -0.05) is 0 Å². The average molecular weight is 395 g/mol. The number of halogens is 4. The van der Waals surface area contributed by atoms with E-state index in [-0.39, 0.29) is 37.0 Å². The normalized spacial score (nSPS) is 16.3. The highest BCUT2D eigenvalue weighted by Gasteiger charge is 2.43.